The molecule has 0 atom stereocenters. The van der Waals surface area contributed by atoms with Crippen LogP contribution in [0.25, 0.3) is 0 Å². The van der Waals surface area contributed by atoms with Crippen LogP contribution in [-0.4, -0.2) is 12.5 Å². The molecule has 3 nitrogen and oxygen atoms in total. The van der Waals surface area contributed by atoms with E-state index in [1.807, 2.05) is 12.1 Å². The van der Waals surface area contributed by atoms with Crippen molar-refractivity contribution in [1.82, 2.24) is 5.32 Å². The fourth-order valence-electron chi connectivity index (χ4n) is 1.68. The average Bonchev–Trinajstić information content (AvgIpc) is 2.39. The summed E-state index contributed by atoms with van der Waals surface area (Å²) in [5, 5.41) is 6.26. The third kappa shape index (κ3) is 5.82. The van der Waals surface area contributed by atoms with E-state index in [-0.39, 0.29) is 5.91 Å². The maximum absolute atomic E-state index is 11.5. The Morgan fingerprint density at radius 3 is 2.44 bits per heavy atom. The number of hydrogen-bond acceptors (Lipinski definition) is 2. The number of rotatable bonds is 8. The molecule has 2 N–H and O–H groups in total. The molecule has 0 heterocycles. The Morgan fingerprint density at radius 1 is 1.11 bits per heavy atom. The highest BCUT2D eigenvalue weighted by molar-refractivity contribution is 5.90. The zero-order chi connectivity index (χ0) is 13.2. The van der Waals surface area contributed by atoms with E-state index in [4.69, 9.17) is 0 Å². The van der Waals surface area contributed by atoms with Crippen LogP contribution in [0.5, 0.6) is 0 Å². The van der Waals surface area contributed by atoms with Crippen molar-refractivity contribution in [2.45, 2.75) is 46.1 Å². The topological polar surface area (TPSA) is 41.1 Å². The molecule has 1 rings (SSSR count). The van der Waals surface area contributed by atoms with E-state index in [1.165, 1.54) is 5.56 Å². The molecule has 0 spiro atoms. The van der Waals surface area contributed by atoms with Crippen molar-refractivity contribution in [3.05, 3.63) is 29.8 Å². The summed E-state index contributed by atoms with van der Waals surface area (Å²) in [4.78, 5) is 11.5. The Bertz CT molecular complexity index is 346. The monoisotopic (exact) mass is 248 g/mol. The molecule has 0 radical (unpaired) electrons. The summed E-state index contributed by atoms with van der Waals surface area (Å²) in [6, 6.07) is 8.04. The minimum absolute atomic E-state index is 0.105. The van der Waals surface area contributed by atoms with Gasteiger partial charge in [-0.2, -0.15) is 0 Å². The maximum Gasteiger partial charge on any atom is 0.224 e. The van der Waals surface area contributed by atoms with Gasteiger partial charge in [-0.15, -0.1) is 0 Å². The second kappa shape index (κ2) is 8.70. The molecule has 100 valence electrons. The number of amides is 1. The van der Waals surface area contributed by atoms with Crippen molar-refractivity contribution in [1.29, 1.82) is 0 Å². The first kappa shape index (κ1) is 14.7. The Labute approximate surface area is 110 Å². The quantitative estimate of drug-likeness (QED) is 0.693. The van der Waals surface area contributed by atoms with Gasteiger partial charge in [-0.25, -0.2) is 0 Å². The molecule has 0 aliphatic carbocycles. The molecule has 1 aromatic carbocycles. The molecule has 0 bridgehead atoms. The van der Waals surface area contributed by atoms with Gasteiger partial charge in [0.25, 0.3) is 0 Å². The number of benzene rings is 1. The van der Waals surface area contributed by atoms with Gasteiger partial charge in [-0.1, -0.05) is 32.4 Å². The predicted molar refractivity (Wildman–Crippen MR) is 76.6 cm³/mol. The van der Waals surface area contributed by atoms with Crippen molar-refractivity contribution in [3.8, 4) is 0 Å². The minimum Gasteiger partial charge on any atom is -0.326 e. The molecule has 1 aromatic rings. The lowest BCUT2D eigenvalue weighted by Crippen LogP contribution is -2.14. The standard InChI is InChI=1S/C15H24N2O/c1-3-5-6-15(18)17-14-9-7-13(8-10-14)12-16-11-4-2/h7-10,16H,3-6,11-12H2,1-2H3,(H,17,18). The Hall–Kier alpha value is -1.35. The summed E-state index contributed by atoms with van der Waals surface area (Å²) in [6.07, 6.45) is 3.75. The molecule has 3 heteroatoms. The number of hydrogen-bond donors (Lipinski definition) is 2. The zero-order valence-corrected chi connectivity index (χ0v) is 11.5. The van der Waals surface area contributed by atoms with E-state index >= 15 is 0 Å². The minimum atomic E-state index is 0.105. The second-order valence-electron chi connectivity index (χ2n) is 4.53. The molecular formula is C15H24N2O. The molecule has 1 amide bonds. The van der Waals surface area contributed by atoms with Crippen LogP contribution < -0.4 is 10.6 Å². The third-order valence-electron chi connectivity index (χ3n) is 2.75. The summed E-state index contributed by atoms with van der Waals surface area (Å²) in [7, 11) is 0. The molecule has 0 aliphatic heterocycles. The second-order valence-corrected chi connectivity index (χ2v) is 4.53. The van der Waals surface area contributed by atoms with E-state index in [0.717, 1.165) is 38.0 Å². The molecule has 0 fully saturated rings. The molecule has 0 saturated carbocycles. The van der Waals surface area contributed by atoms with Gasteiger partial charge < -0.3 is 10.6 Å². The van der Waals surface area contributed by atoms with Gasteiger partial charge in [0.2, 0.25) is 5.91 Å². The first-order valence-electron chi connectivity index (χ1n) is 6.85. The Kier molecular flexibility index (Phi) is 7.11. The molecule has 0 aliphatic rings. The van der Waals surface area contributed by atoms with Crippen LogP contribution in [-0.2, 0) is 11.3 Å². The van der Waals surface area contributed by atoms with Crippen molar-refractivity contribution in [2.24, 2.45) is 0 Å². The number of unbranched alkanes of at least 4 members (excludes halogenated alkanes) is 1. The summed E-state index contributed by atoms with van der Waals surface area (Å²) >= 11 is 0. The van der Waals surface area contributed by atoms with Gasteiger partial charge in [-0.3, -0.25) is 4.79 Å². The van der Waals surface area contributed by atoms with E-state index in [2.05, 4.69) is 36.6 Å². The number of anilines is 1. The van der Waals surface area contributed by atoms with Gasteiger partial charge in [-0.05, 0) is 37.1 Å². The van der Waals surface area contributed by atoms with Crippen LogP contribution in [0.15, 0.2) is 24.3 Å². The van der Waals surface area contributed by atoms with E-state index in [9.17, 15) is 4.79 Å². The molecule has 0 saturated heterocycles. The lowest BCUT2D eigenvalue weighted by molar-refractivity contribution is -0.116. The fraction of sp³-hybridized carbons (Fsp3) is 0.533. The maximum atomic E-state index is 11.5. The van der Waals surface area contributed by atoms with Crippen molar-refractivity contribution in [3.63, 3.8) is 0 Å². The van der Waals surface area contributed by atoms with Crippen LogP contribution in [0.3, 0.4) is 0 Å². The lowest BCUT2D eigenvalue weighted by Gasteiger charge is -2.07. The highest BCUT2D eigenvalue weighted by atomic mass is 16.1. The van der Waals surface area contributed by atoms with Gasteiger partial charge in [0.15, 0.2) is 0 Å². The van der Waals surface area contributed by atoms with E-state index in [0.29, 0.717) is 6.42 Å². The summed E-state index contributed by atoms with van der Waals surface area (Å²) in [6.45, 7) is 6.17. The average molecular weight is 248 g/mol. The third-order valence-corrected chi connectivity index (χ3v) is 2.75. The smallest absolute Gasteiger partial charge is 0.224 e. The number of carbonyl (C=O) groups excluding carboxylic acids is 1. The lowest BCUT2D eigenvalue weighted by atomic mass is 10.2. The SMILES string of the molecule is CCCCC(=O)Nc1ccc(CNCCC)cc1. The van der Waals surface area contributed by atoms with Crippen LogP contribution in [0, 0.1) is 0 Å². The first-order chi connectivity index (χ1) is 8.76. The van der Waals surface area contributed by atoms with Crippen molar-refractivity contribution in [2.75, 3.05) is 11.9 Å². The van der Waals surface area contributed by atoms with Gasteiger partial charge >= 0.3 is 0 Å². The molecule has 0 unspecified atom stereocenters. The van der Waals surface area contributed by atoms with Crippen LogP contribution in [0.2, 0.25) is 0 Å². The molecule has 18 heavy (non-hydrogen) atoms. The van der Waals surface area contributed by atoms with Gasteiger partial charge in [0.1, 0.15) is 0 Å². The first-order valence-corrected chi connectivity index (χ1v) is 6.85. The summed E-state index contributed by atoms with van der Waals surface area (Å²) in [5.41, 5.74) is 2.13. The van der Waals surface area contributed by atoms with Crippen molar-refractivity contribution >= 4 is 11.6 Å². The number of nitrogens with one attached hydrogen (secondary N) is 2. The highest BCUT2D eigenvalue weighted by Crippen LogP contribution is 2.10. The number of carbonyl (C=O) groups is 1. The molecular weight excluding hydrogens is 224 g/mol. The van der Waals surface area contributed by atoms with E-state index in [1.54, 1.807) is 0 Å². The normalized spacial score (nSPS) is 10.3. The Morgan fingerprint density at radius 2 is 1.83 bits per heavy atom. The molecule has 0 aromatic heterocycles. The predicted octanol–water partition coefficient (Wildman–Crippen LogP) is 3.31. The zero-order valence-electron chi connectivity index (χ0n) is 11.5. The van der Waals surface area contributed by atoms with E-state index < -0.39 is 0 Å². The summed E-state index contributed by atoms with van der Waals surface area (Å²) < 4.78 is 0. The highest BCUT2D eigenvalue weighted by Gasteiger charge is 2.01. The largest absolute Gasteiger partial charge is 0.326 e. The van der Waals surface area contributed by atoms with Crippen molar-refractivity contribution < 1.29 is 4.79 Å². The van der Waals surface area contributed by atoms with Crippen LogP contribution in [0.4, 0.5) is 5.69 Å². The summed E-state index contributed by atoms with van der Waals surface area (Å²) in [5.74, 6) is 0.105. The fourth-order valence-corrected chi connectivity index (χ4v) is 1.68. The van der Waals surface area contributed by atoms with Gasteiger partial charge in [0, 0.05) is 18.7 Å². The van der Waals surface area contributed by atoms with Crippen LogP contribution in [0.1, 0.15) is 45.1 Å². The Balaban J connectivity index is 2.37. The van der Waals surface area contributed by atoms with Gasteiger partial charge in [0.05, 0.1) is 0 Å². The van der Waals surface area contributed by atoms with Crippen LogP contribution >= 0.6 is 0 Å².